The zero-order chi connectivity index (χ0) is 5.44. The quantitative estimate of drug-likeness (QED) is 0.444. The van der Waals surface area contributed by atoms with Crippen molar-refractivity contribution in [2.24, 2.45) is 0 Å². The van der Waals surface area contributed by atoms with Gasteiger partial charge < -0.3 is 4.74 Å². The predicted octanol–water partition coefficient (Wildman–Crippen LogP) is 1.01. The SMILES string of the molecule is CC1=C(Cl)OC1=O. The molecule has 0 saturated heterocycles. The Labute approximate surface area is 45.7 Å². The summed E-state index contributed by atoms with van der Waals surface area (Å²) in [6.07, 6.45) is 0. The van der Waals surface area contributed by atoms with Crippen molar-refractivity contribution >= 4 is 17.6 Å². The van der Waals surface area contributed by atoms with E-state index in [1.807, 2.05) is 0 Å². The van der Waals surface area contributed by atoms with Crippen LogP contribution in [0.1, 0.15) is 6.92 Å². The molecule has 0 saturated carbocycles. The van der Waals surface area contributed by atoms with Crippen LogP contribution in [0.5, 0.6) is 0 Å². The van der Waals surface area contributed by atoms with Crippen LogP contribution >= 0.6 is 11.6 Å². The maximum absolute atomic E-state index is 10.1. The van der Waals surface area contributed by atoms with E-state index in [9.17, 15) is 4.79 Å². The Balaban J connectivity index is 2.85. The Hall–Kier alpha value is -0.500. The third-order valence-electron chi connectivity index (χ3n) is 0.783. The molecule has 0 N–H and O–H groups in total. The number of hydrogen-bond donors (Lipinski definition) is 0. The zero-order valence-corrected chi connectivity index (χ0v) is 4.45. The summed E-state index contributed by atoms with van der Waals surface area (Å²) in [7, 11) is 0. The average Bonchev–Trinajstić information content (AvgIpc) is 1.68. The molecule has 7 heavy (non-hydrogen) atoms. The van der Waals surface area contributed by atoms with Gasteiger partial charge in [-0.3, -0.25) is 0 Å². The molecule has 1 aliphatic rings. The largest absolute Gasteiger partial charge is 0.410 e. The molecule has 1 rings (SSSR count). The van der Waals surface area contributed by atoms with Crippen molar-refractivity contribution in [1.82, 2.24) is 0 Å². The van der Waals surface area contributed by atoms with Gasteiger partial charge in [-0.05, 0) is 18.5 Å². The highest BCUT2D eigenvalue weighted by Crippen LogP contribution is 2.22. The average molecular weight is 119 g/mol. The molecule has 0 bridgehead atoms. The van der Waals surface area contributed by atoms with Crippen LogP contribution < -0.4 is 0 Å². The first-order valence-electron chi connectivity index (χ1n) is 1.80. The van der Waals surface area contributed by atoms with Crippen molar-refractivity contribution in [3.05, 3.63) is 10.8 Å². The number of cyclic esters (lactones) is 1. The fourth-order valence-corrected chi connectivity index (χ4v) is 0.416. The molecule has 0 atom stereocenters. The van der Waals surface area contributed by atoms with Crippen LogP contribution in [0.25, 0.3) is 0 Å². The number of ether oxygens (including phenoxy) is 1. The third kappa shape index (κ3) is 0.509. The first kappa shape index (κ1) is 4.65. The fraction of sp³-hybridized carbons (Fsp3) is 0.250. The van der Waals surface area contributed by atoms with Crippen LogP contribution in [-0.2, 0) is 9.53 Å². The van der Waals surface area contributed by atoms with E-state index in [0.717, 1.165) is 0 Å². The molecule has 1 heterocycles. The van der Waals surface area contributed by atoms with Gasteiger partial charge in [0.15, 0.2) is 0 Å². The van der Waals surface area contributed by atoms with E-state index in [1.165, 1.54) is 0 Å². The number of hydrogen-bond acceptors (Lipinski definition) is 2. The van der Waals surface area contributed by atoms with Crippen LogP contribution in [0.4, 0.5) is 0 Å². The number of rotatable bonds is 0. The second-order valence-electron chi connectivity index (χ2n) is 1.29. The van der Waals surface area contributed by atoms with Gasteiger partial charge in [0, 0.05) is 0 Å². The Kier molecular flexibility index (Phi) is 0.820. The maximum atomic E-state index is 10.1. The number of carbonyl (C=O) groups is 1. The van der Waals surface area contributed by atoms with Gasteiger partial charge in [-0.2, -0.15) is 0 Å². The second kappa shape index (κ2) is 1.23. The van der Waals surface area contributed by atoms with Gasteiger partial charge in [-0.15, -0.1) is 0 Å². The molecule has 38 valence electrons. The lowest BCUT2D eigenvalue weighted by atomic mass is 10.3. The van der Waals surface area contributed by atoms with Gasteiger partial charge in [-0.25, -0.2) is 4.79 Å². The fourth-order valence-electron chi connectivity index (χ4n) is 0.268. The standard InChI is InChI=1S/C4H3ClO2/c1-2-3(5)7-4(2)6/h1H3. The molecule has 0 fully saturated rings. The van der Waals surface area contributed by atoms with Gasteiger partial charge in [0.05, 0.1) is 5.57 Å². The molecule has 0 aromatic heterocycles. The molecular formula is C4H3ClO2. The monoisotopic (exact) mass is 118 g/mol. The van der Waals surface area contributed by atoms with Crippen LogP contribution in [0, 0.1) is 0 Å². The predicted molar refractivity (Wildman–Crippen MR) is 24.6 cm³/mol. The summed E-state index contributed by atoms with van der Waals surface area (Å²) < 4.78 is 4.26. The Morgan fingerprint density at radius 1 is 1.71 bits per heavy atom. The summed E-state index contributed by atoms with van der Waals surface area (Å²) in [6, 6.07) is 0. The Morgan fingerprint density at radius 3 is 2.29 bits per heavy atom. The van der Waals surface area contributed by atoms with Gasteiger partial charge in [0.25, 0.3) is 0 Å². The van der Waals surface area contributed by atoms with Gasteiger partial charge in [-0.1, -0.05) is 0 Å². The lowest BCUT2D eigenvalue weighted by Crippen LogP contribution is -2.15. The highest BCUT2D eigenvalue weighted by Gasteiger charge is 2.23. The summed E-state index contributed by atoms with van der Waals surface area (Å²) in [4.78, 5) is 10.1. The molecule has 2 nitrogen and oxygen atoms in total. The maximum Gasteiger partial charge on any atom is 0.344 e. The van der Waals surface area contributed by atoms with Crippen LogP contribution in [0.3, 0.4) is 0 Å². The molecule has 0 unspecified atom stereocenters. The number of esters is 1. The van der Waals surface area contributed by atoms with Crippen molar-refractivity contribution in [3.63, 3.8) is 0 Å². The molecule has 0 aromatic rings. The summed E-state index contributed by atoms with van der Waals surface area (Å²) in [6.45, 7) is 1.62. The van der Waals surface area contributed by atoms with Crippen molar-refractivity contribution in [2.75, 3.05) is 0 Å². The van der Waals surface area contributed by atoms with Crippen molar-refractivity contribution in [3.8, 4) is 0 Å². The minimum atomic E-state index is -0.315. The van der Waals surface area contributed by atoms with Gasteiger partial charge >= 0.3 is 5.97 Å². The molecule has 3 heteroatoms. The van der Waals surface area contributed by atoms with E-state index in [-0.39, 0.29) is 11.2 Å². The molecule has 0 aromatic carbocycles. The highest BCUT2D eigenvalue weighted by atomic mass is 35.5. The Morgan fingerprint density at radius 2 is 2.29 bits per heavy atom. The summed E-state index contributed by atoms with van der Waals surface area (Å²) in [5, 5.41) is 0.227. The number of halogens is 1. The topological polar surface area (TPSA) is 26.3 Å². The minimum Gasteiger partial charge on any atom is -0.410 e. The Bertz CT molecular complexity index is 148. The van der Waals surface area contributed by atoms with E-state index >= 15 is 0 Å². The normalized spacial score (nSPS) is 18.9. The lowest BCUT2D eigenvalue weighted by molar-refractivity contribution is -0.138. The summed E-state index contributed by atoms with van der Waals surface area (Å²) in [5.41, 5.74) is 0.515. The molecular weight excluding hydrogens is 115 g/mol. The molecule has 0 amide bonds. The van der Waals surface area contributed by atoms with Crippen molar-refractivity contribution in [2.45, 2.75) is 6.92 Å². The zero-order valence-electron chi connectivity index (χ0n) is 3.69. The lowest BCUT2D eigenvalue weighted by Gasteiger charge is -2.11. The van der Waals surface area contributed by atoms with E-state index in [0.29, 0.717) is 5.57 Å². The van der Waals surface area contributed by atoms with Gasteiger partial charge in [0.2, 0.25) is 5.22 Å². The van der Waals surface area contributed by atoms with E-state index < -0.39 is 0 Å². The van der Waals surface area contributed by atoms with Gasteiger partial charge in [0.1, 0.15) is 0 Å². The number of carbonyl (C=O) groups excluding carboxylic acids is 1. The summed E-state index contributed by atoms with van der Waals surface area (Å²) >= 11 is 5.23. The smallest absolute Gasteiger partial charge is 0.344 e. The molecule has 1 aliphatic heterocycles. The molecule has 0 spiro atoms. The first-order chi connectivity index (χ1) is 3.22. The molecule has 0 aliphatic carbocycles. The summed E-state index contributed by atoms with van der Waals surface area (Å²) in [5.74, 6) is -0.315. The van der Waals surface area contributed by atoms with E-state index in [2.05, 4.69) is 4.74 Å². The van der Waals surface area contributed by atoms with E-state index in [4.69, 9.17) is 11.6 Å². The van der Waals surface area contributed by atoms with Crippen LogP contribution in [0.2, 0.25) is 0 Å². The first-order valence-corrected chi connectivity index (χ1v) is 2.18. The van der Waals surface area contributed by atoms with E-state index in [1.54, 1.807) is 6.92 Å². The van der Waals surface area contributed by atoms with Crippen molar-refractivity contribution < 1.29 is 9.53 Å². The highest BCUT2D eigenvalue weighted by molar-refractivity contribution is 6.33. The third-order valence-corrected chi connectivity index (χ3v) is 1.14. The van der Waals surface area contributed by atoms with Crippen LogP contribution in [0.15, 0.2) is 10.8 Å². The van der Waals surface area contributed by atoms with Crippen molar-refractivity contribution in [1.29, 1.82) is 0 Å². The van der Waals surface area contributed by atoms with Crippen LogP contribution in [-0.4, -0.2) is 5.97 Å². The molecule has 0 radical (unpaired) electrons. The second-order valence-corrected chi connectivity index (χ2v) is 1.63. The minimum absolute atomic E-state index is 0.227.